The predicted octanol–water partition coefficient (Wildman–Crippen LogP) is 3.60. The van der Waals surface area contributed by atoms with Gasteiger partial charge < -0.3 is 10.2 Å². The molecule has 1 aliphatic heterocycles. The van der Waals surface area contributed by atoms with Gasteiger partial charge in [-0.15, -0.1) is 0 Å². The molecule has 1 fully saturated rings. The Hall–Kier alpha value is -2.24. The lowest BCUT2D eigenvalue weighted by atomic mass is 9.69. The Morgan fingerprint density at radius 2 is 2.08 bits per heavy atom. The summed E-state index contributed by atoms with van der Waals surface area (Å²) in [5.74, 6) is -2.18. The molecule has 1 aliphatic carbocycles. The van der Waals surface area contributed by atoms with Crippen molar-refractivity contribution >= 4 is 17.5 Å². The highest BCUT2D eigenvalue weighted by atomic mass is 19.2. The molecule has 2 aliphatic rings. The second-order valence-corrected chi connectivity index (χ2v) is 6.28. The van der Waals surface area contributed by atoms with Gasteiger partial charge in [-0.05, 0) is 44.7 Å². The van der Waals surface area contributed by atoms with Crippen molar-refractivity contribution in [1.82, 2.24) is 4.90 Å². The Morgan fingerprint density at radius 3 is 2.79 bits per heavy atom. The number of halogens is 2. The Bertz CT molecular complexity index is 717. The number of piperidine rings is 1. The normalized spacial score (nSPS) is 23.5. The smallest absolute Gasteiger partial charge is 0.236 e. The van der Waals surface area contributed by atoms with Crippen LogP contribution >= 0.6 is 0 Å². The molecule has 1 atom stereocenters. The number of likely N-dealkylation sites (tertiary alicyclic amines) is 1. The number of carbonyl (C=O) groups is 2. The van der Waals surface area contributed by atoms with Crippen LogP contribution in [0.1, 0.15) is 39.0 Å². The van der Waals surface area contributed by atoms with Crippen molar-refractivity contribution in [2.45, 2.75) is 39.0 Å². The minimum absolute atomic E-state index is 0.0295. The first-order valence-corrected chi connectivity index (χ1v) is 8.25. The van der Waals surface area contributed by atoms with Crippen molar-refractivity contribution in [1.29, 1.82) is 0 Å². The van der Waals surface area contributed by atoms with E-state index in [0.29, 0.717) is 25.8 Å². The van der Waals surface area contributed by atoms with E-state index in [1.807, 2.05) is 13.0 Å². The van der Waals surface area contributed by atoms with Crippen LogP contribution in [0.2, 0.25) is 0 Å². The minimum Gasteiger partial charge on any atom is -0.325 e. The van der Waals surface area contributed by atoms with Crippen LogP contribution in [0, 0.1) is 17.0 Å². The Labute approximate surface area is 139 Å². The summed E-state index contributed by atoms with van der Waals surface area (Å²) >= 11 is 0. The largest absolute Gasteiger partial charge is 0.325 e. The second kappa shape index (κ2) is 6.34. The summed E-state index contributed by atoms with van der Waals surface area (Å²) in [5.41, 5.74) is 0.207. The highest BCUT2D eigenvalue weighted by Crippen LogP contribution is 2.47. The molecule has 24 heavy (non-hydrogen) atoms. The second-order valence-electron chi connectivity index (χ2n) is 6.28. The summed E-state index contributed by atoms with van der Waals surface area (Å²) in [6.45, 7) is 2.40. The standard InChI is InChI=1S/C18H20F2N2O2/c1-2-22-15-5-3-4-9-18(15,10-8-16(22)23)17(24)21-12-6-7-13(19)14(20)11-12/h5-7,11H,2-4,8-10H2,1H3,(H,21,24). The molecule has 0 aromatic heterocycles. The van der Waals surface area contributed by atoms with Gasteiger partial charge in [-0.3, -0.25) is 9.59 Å². The SMILES string of the molecule is CCN1C(=O)CCC2(C(=O)Nc3ccc(F)c(F)c3)CCCC=C12. The number of carbonyl (C=O) groups excluding carboxylic acids is 2. The first kappa shape index (κ1) is 16.6. The fourth-order valence-electron chi connectivity index (χ4n) is 3.69. The van der Waals surface area contributed by atoms with Gasteiger partial charge in [0, 0.05) is 30.4 Å². The van der Waals surface area contributed by atoms with Crippen LogP contribution in [0.3, 0.4) is 0 Å². The Kier molecular flexibility index (Phi) is 4.39. The number of allylic oxidation sites excluding steroid dienone is 1. The van der Waals surface area contributed by atoms with Gasteiger partial charge in [0.05, 0.1) is 5.41 Å². The van der Waals surface area contributed by atoms with E-state index in [2.05, 4.69) is 5.32 Å². The molecule has 2 amide bonds. The van der Waals surface area contributed by atoms with Crippen LogP contribution in [-0.4, -0.2) is 23.3 Å². The van der Waals surface area contributed by atoms with E-state index in [1.54, 1.807) is 4.90 Å². The lowest BCUT2D eigenvalue weighted by molar-refractivity contribution is -0.138. The number of nitrogens with zero attached hydrogens (tertiary/aromatic N) is 1. The number of fused-ring (bicyclic) bond motifs is 1. The monoisotopic (exact) mass is 334 g/mol. The van der Waals surface area contributed by atoms with Crippen molar-refractivity contribution in [3.05, 3.63) is 41.6 Å². The molecule has 1 saturated heterocycles. The highest BCUT2D eigenvalue weighted by molar-refractivity contribution is 5.99. The topological polar surface area (TPSA) is 49.4 Å². The lowest BCUT2D eigenvalue weighted by Gasteiger charge is -2.45. The Balaban J connectivity index is 1.91. The van der Waals surface area contributed by atoms with Gasteiger partial charge in [0.2, 0.25) is 11.8 Å². The highest BCUT2D eigenvalue weighted by Gasteiger charge is 2.49. The summed E-state index contributed by atoms with van der Waals surface area (Å²) in [6, 6.07) is 3.30. The van der Waals surface area contributed by atoms with Crippen LogP contribution in [0.15, 0.2) is 30.0 Å². The van der Waals surface area contributed by atoms with E-state index in [9.17, 15) is 18.4 Å². The molecule has 0 saturated carbocycles. The number of anilines is 1. The van der Waals surface area contributed by atoms with Gasteiger partial charge in [-0.25, -0.2) is 8.78 Å². The quantitative estimate of drug-likeness (QED) is 0.918. The molecule has 0 bridgehead atoms. The molecule has 128 valence electrons. The summed E-state index contributed by atoms with van der Waals surface area (Å²) in [7, 11) is 0. The molecule has 1 N–H and O–H groups in total. The summed E-state index contributed by atoms with van der Waals surface area (Å²) in [5, 5.41) is 2.70. The number of benzene rings is 1. The van der Waals surface area contributed by atoms with Gasteiger partial charge in [0.25, 0.3) is 0 Å². The van der Waals surface area contributed by atoms with Crippen LogP contribution in [0.5, 0.6) is 0 Å². The molecular weight excluding hydrogens is 314 g/mol. The molecule has 1 aromatic rings. The fraction of sp³-hybridized carbons (Fsp3) is 0.444. The molecular formula is C18H20F2N2O2. The molecule has 0 spiro atoms. The maximum Gasteiger partial charge on any atom is 0.236 e. The van der Waals surface area contributed by atoms with Crippen molar-refractivity contribution in [2.24, 2.45) is 5.41 Å². The van der Waals surface area contributed by atoms with Crippen molar-refractivity contribution in [3.8, 4) is 0 Å². The molecule has 4 nitrogen and oxygen atoms in total. The zero-order chi connectivity index (χ0) is 17.3. The predicted molar refractivity (Wildman–Crippen MR) is 86.0 cm³/mol. The number of rotatable bonds is 3. The van der Waals surface area contributed by atoms with Gasteiger partial charge >= 0.3 is 0 Å². The first-order chi connectivity index (χ1) is 11.5. The van der Waals surface area contributed by atoms with Crippen molar-refractivity contribution in [2.75, 3.05) is 11.9 Å². The van der Waals surface area contributed by atoms with Gasteiger partial charge in [-0.2, -0.15) is 0 Å². The van der Waals surface area contributed by atoms with Gasteiger partial charge in [0.1, 0.15) is 0 Å². The minimum atomic E-state index is -1.00. The average molecular weight is 334 g/mol. The van der Waals surface area contributed by atoms with Crippen LogP contribution in [0.25, 0.3) is 0 Å². The molecule has 0 radical (unpaired) electrons. The summed E-state index contributed by atoms with van der Waals surface area (Å²) in [6.07, 6.45) is 5.08. The van der Waals surface area contributed by atoms with Gasteiger partial charge in [-0.1, -0.05) is 6.08 Å². The number of hydrogen-bond donors (Lipinski definition) is 1. The zero-order valence-corrected chi connectivity index (χ0v) is 13.6. The summed E-state index contributed by atoms with van der Waals surface area (Å²) < 4.78 is 26.4. The van der Waals surface area contributed by atoms with Crippen LogP contribution in [0.4, 0.5) is 14.5 Å². The maximum atomic E-state index is 13.4. The van der Waals surface area contributed by atoms with E-state index >= 15 is 0 Å². The van der Waals surface area contributed by atoms with Crippen molar-refractivity contribution < 1.29 is 18.4 Å². The third kappa shape index (κ3) is 2.70. The van der Waals surface area contributed by atoms with Crippen molar-refractivity contribution in [3.63, 3.8) is 0 Å². The molecule has 1 unspecified atom stereocenters. The molecule has 1 heterocycles. The third-order valence-corrected chi connectivity index (χ3v) is 4.92. The average Bonchev–Trinajstić information content (AvgIpc) is 2.58. The number of hydrogen-bond acceptors (Lipinski definition) is 2. The zero-order valence-electron chi connectivity index (χ0n) is 13.6. The number of nitrogens with one attached hydrogen (secondary N) is 1. The molecule has 6 heteroatoms. The van der Waals surface area contributed by atoms with E-state index in [0.717, 1.165) is 30.7 Å². The summed E-state index contributed by atoms with van der Waals surface area (Å²) in [4.78, 5) is 26.8. The van der Waals surface area contributed by atoms with Crippen LogP contribution in [-0.2, 0) is 9.59 Å². The lowest BCUT2D eigenvalue weighted by Crippen LogP contribution is -2.51. The number of amides is 2. The molecule has 1 aromatic carbocycles. The van der Waals surface area contributed by atoms with Crippen LogP contribution < -0.4 is 5.32 Å². The third-order valence-electron chi connectivity index (χ3n) is 4.92. The Morgan fingerprint density at radius 1 is 1.29 bits per heavy atom. The van der Waals surface area contributed by atoms with E-state index < -0.39 is 17.0 Å². The molecule has 3 rings (SSSR count). The van der Waals surface area contributed by atoms with E-state index in [4.69, 9.17) is 0 Å². The fourth-order valence-corrected chi connectivity index (χ4v) is 3.69. The van der Waals surface area contributed by atoms with E-state index in [-0.39, 0.29) is 17.5 Å². The van der Waals surface area contributed by atoms with Gasteiger partial charge in [0.15, 0.2) is 11.6 Å². The maximum absolute atomic E-state index is 13.4. The van der Waals surface area contributed by atoms with E-state index in [1.165, 1.54) is 6.07 Å². The first-order valence-electron chi connectivity index (χ1n) is 8.25.